The van der Waals surface area contributed by atoms with Gasteiger partial charge in [-0.15, -0.1) is 0 Å². The fourth-order valence-electron chi connectivity index (χ4n) is 2.31. The highest BCUT2D eigenvalue weighted by atomic mass is 16.4. The van der Waals surface area contributed by atoms with Crippen LogP contribution >= 0.6 is 0 Å². The highest BCUT2D eigenvalue weighted by Gasteiger charge is 2.13. The molecule has 3 aromatic rings. The van der Waals surface area contributed by atoms with Crippen molar-refractivity contribution >= 4 is 22.7 Å². The first kappa shape index (κ1) is 17.0. The second kappa shape index (κ2) is 7.28. The van der Waals surface area contributed by atoms with Crippen LogP contribution in [0.15, 0.2) is 60.7 Å². The van der Waals surface area contributed by atoms with Crippen molar-refractivity contribution in [2.45, 2.75) is 6.92 Å². The number of aromatic carboxylic acids is 2. The molecular formula is C19H16O5. The van der Waals surface area contributed by atoms with E-state index in [1.807, 2.05) is 36.4 Å². The van der Waals surface area contributed by atoms with Gasteiger partial charge in [-0.25, -0.2) is 9.59 Å². The number of carbonyl (C=O) groups is 2. The fraction of sp³-hybridized carbons (Fsp3) is 0.0526. The molecule has 3 aromatic carbocycles. The van der Waals surface area contributed by atoms with Gasteiger partial charge in [0.1, 0.15) is 5.75 Å². The van der Waals surface area contributed by atoms with Gasteiger partial charge < -0.3 is 15.3 Å². The van der Waals surface area contributed by atoms with Crippen LogP contribution < -0.4 is 0 Å². The van der Waals surface area contributed by atoms with Crippen molar-refractivity contribution in [2.75, 3.05) is 0 Å². The van der Waals surface area contributed by atoms with Gasteiger partial charge in [0.25, 0.3) is 0 Å². The van der Waals surface area contributed by atoms with Crippen molar-refractivity contribution in [3.8, 4) is 5.75 Å². The lowest BCUT2D eigenvalue weighted by atomic mass is 10.0. The quantitative estimate of drug-likeness (QED) is 0.664. The Morgan fingerprint density at radius 3 is 1.79 bits per heavy atom. The molecular weight excluding hydrogens is 308 g/mol. The zero-order valence-corrected chi connectivity index (χ0v) is 12.9. The molecule has 0 fully saturated rings. The van der Waals surface area contributed by atoms with Gasteiger partial charge in [0.2, 0.25) is 0 Å². The fourth-order valence-corrected chi connectivity index (χ4v) is 2.31. The zero-order valence-electron chi connectivity index (χ0n) is 12.9. The van der Waals surface area contributed by atoms with Crippen LogP contribution in [0.2, 0.25) is 0 Å². The second-order valence-corrected chi connectivity index (χ2v) is 5.09. The van der Waals surface area contributed by atoms with Crippen molar-refractivity contribution < 1.29 is 24.9 Å². The van der Waals surface area contributed by atoms with Gasteiger partial charge in [0.15, 0.2) is 0 Å². The molecule has 5 heteroatoms. The molecule has 0 heterocycles. The molecule has 0 radical (unpaired) electrons. The van der Waals surface area contributed by atoms with Gasteiger partial charge in [-0.2, -0.15) is 0 Å². The number of phenolic OH excluding ortho intramolecular Hbond substituents is 1. The van der Waals surface area contributed by atoms with E-state index in [1.165, 1.54) is 25.1 Å². The van der Waals surface area contributed by atoms with Crippen molar-refractivity contribution in [1.82, 2.24) is 0 Å². The van der Waals surface area contributed by atoms with E-state index in [4.69, 9.17) is 10.2 Å². The minimum atomic E-state index is -1.11. The highest BCUT2D eigenvalue weighted by molar-refractivity contribution is 5.96. The SMILES string of the molecule is Cc1c(C(=O)O)cccc1C(=O)O.Oc1cccc2ccccc12. The molecule has 24 heavy (non-hydrogen) atoms. The summed E-state index contributed by atoms with van der Waals surface area (Å²) in [5, 5.41) is 28.7. The predicted octanol–water partition coefficient (Wildman–Crippen LogP) is 3.94. The average molecular weight is 324 g/mol. The molecule has 0 aliphatic rings. The van der Waals surface area contributed by atoms with Crippen LogP contribution in [0.25, 0.3) is 10.8 Å². The summed E-state index contributed by atoms with van der Waals surface area (Å²) in [6.07, 6.45) is 0. The number of hydrogen-bond acceptors (Lipinski definition) is 3. The Morgan fingerprint density at radius 2 is 1.25 bits per heavy atom. The Balaban J connectivity index is 0.000000175. The van der Waals surface area contributed by atoms with E-state index in [1.54, 1.807) is 6.07 Å². The first-order chi connectivity index (χ1) is 11.4. The van der Waals surface area contributed by atoms with Gasteiger partial charge in [-0.1, -0.05) is 42.5 Å². The third-order valence-electron chi connectivity index (χ3n) is 3.56. The Hall–Kier alpha value is -3.34. The van der Waals surface area contributed by atoms with Crippen molar-refractivity contribution in [3.05, 3.63) is 77.4 Å². The Bertz CT molecular complexity index is 862. The molecule has 0 unspecified atom stereocenters. The summed E-state index contributed by atoms with van der Waals surface area (Å²) in [6.45, 7) is 1.48. The average Bonchev–Trinajstić information content (AvgIpc) is 2.55. The van der Waals surface area contributed by atoms with Crippen molar-refractivity contribution in [2.24, 2.45) is 0 Å². The second-order valence-electron chi connectivity index (χ2n) is 5.09. The molecule has 0 atom stereocenters. The largest absolute Gasteiger partial charge is 0.507 e. The van der Waals surface area contributed by atoms with Crippen LogP contribution in [0.3, 0.4) is 0 Å². The monoisotopic (exact) mass is 324 g/mol. The topological polar surface area (TPSA) is 94.8 Å². The summed E-state index contributed by atoms with van der Waals surface area (Å²) < 4.78 is 0. The molecule has 3 N–H and O–H groups in total. The number of phenols is 1. The number of carboxylic acid groups (broad SMARTS) is 2. The predicted molar refractivity (Wildman–Crippen MR) is 90.7 cm³/mol. The zero-order chi connectivity index (χ0) is 17.7. The van der Waals surface area contributed by atoms with Gasteiger partial charge in [0, 0.05) is 5.39 Å². The smallest absolute Gasteiger partial charge is 0.335 e. The summed E-state index contributed by atoms with van der Waals surface area (Å²) in [4.78, 5) is 21.2. The summed E-state index contributed by atoms with van der Waals surface area (Å²) >= 11 is 0. The molecule has 0 bridgehead atoms. The maximum Gasteiger partial charge on any atom is 0.335 e. The van der Waals surface area contributed by atoms with E-state index >= 15 is 0 Å². The minimum absolute atomic E-state index is 0.0277. The van der Waals surface area contributed by atoms with E-state index in [0.717, 1.165) is 10.8 Å². The standard InChI is InChI=1S/C10H8O.C9H8O4/c11-10-7-3-5-8-4-1-2-6-9(8)10;1-5-6(8(10)11)3-2-4-7(5)9(12)13/h1-7,11H;2-4H,1H3,(H,10,11)(H,12,13). The van der Waals surface area contributed by atoms with Gasteiger partial charge >= 0.3 is 11.9 Å². The third kappa shape index (κ3) is 3.70. The Kier molecular flexibility index (Phi) is 5.16. The summed E-state index contributed by atoms with van der Waals surface area (Å²) in [5.74, 6) is -1.87. The number of aromatic hydroxyl groups is 1. The molecule has 0 amide bonds. The molecule has 0 saturated heterocycles. The first-order valence-corrected chi connectivity index (χ1v) is 7.14. The Labute approximate surface area is 138 Å². The number of carboxylic acids is 2. The lowest BCUT2D eigenvalue weighted by molar-refractivity contribution is 0.0696. The molecule has 0 aliphatic heterocycles. The van der Waals surface area contributed by atoms with Crippen LogP contribution in [-0.4, -0.2) is 27.3 Å². The summed E-state index contributed by atoms with van der Waals surface area (Å²) in [6, 6.07) is 17.5. The minimum Gasteiger partial charge on any atom is -0.507 e. The number of hydrogen-bond donors (Lipinski definition) is 3. The molecule has 0 aliphatic carbocycles. The molecule has 0 aromatic heterocycles. The number of fused-ring (bicyclic) bond motifs is 1. The van der Waals surface area contributed by atoms with E-state index < -0.39 is 11.9 Å². The van der Waals surface area contributed by atoms with E-state index in [-0.39, 0.29) is 16.7 Å². The van der Waals surface area contributed by atoms with Gasteiger partial charge in [0.05, 0.1) is 11.1 Å². The third-order valence-corrected chi connectivity index (χ3v) is 3.56. The summed E-state index contributed by atoms with van der Waals surface area (Å²) in [7, 11) is 0. The van der Waals surface area contributed by atoms with Crippen molar-refractivity contribution in [1.29, 1.82) is 0 Å². The normalized spacial score (nSPS) is 9.88. The van der Waals surface area contributed by atoms with E-state index in [9.17, 15) is 14.7 Å². The Morgan fingerprint density at radius 1 is 0.750 bits per heavy atom. The van der Waals surface area contributed by atoms with Gasteiger partial charge in [-0.3, -0.25) is 0 Å². The van der Waals surface area contributed by atoms with E-state index in [0.29, 0.717) is 5.75 Å². The molecule has 5 nitrogen and oxygen atoms in total. The van der Waals surface area contributed by atoms with Crippen LogP contribution in [-0.2, 0) is 0 Å². The highest BCUT2D eigenvalue weighted by Crippen LogP contribution is 2.22. The maximum absolute atomic E-state index is 10.6. The van der Waals surface area contributed by atoms with Crippen LogP contribution in [0, 0.1) is 6.92 Å². The molecule has 122 valence electrons. The molecule has 0 spiro atoms. The van der Waals surface area contributed by atoms with E-state index in [2.05, 4.69) is 0 Å². The van der Waals surface area contributed by atoms with Crippen LogP contribution in [0.4, 0.5) is 0 Å². The maximum atomic E-state index is 10.6. The van der Waals surface area contributed by atoms with Crippen LogP contribution in [0.5, 0.6) is 5.75 Å². The first-order valence-electron chi connectivity index (χ1n) is 7.14. The van der Waals surface area contributed by atoms with Crippen LogP contribution in [0.1, 0.15) is 26.3 Å². The molecule has 0 saturated carbocycles. The summed E-state index contributed by atoms with van der Waals surface area (Å²) in [5.41, 5.74) is 0.335. The van der Waals surface area contributed by atoms with Crippen molar-refractivity contribution in [3.63, 3.8) is 0 Å². The number of benzene rings is 3. The molecule has 3 rings (SSSR count). The lowest BCUT2D eigenvalue weighted by Gasteiger charge is -2.03. The number of rotatable bonds is 2. The van der Waals surface area contributed by atoms with Gasteiger partial charge in [-0.05, 0) is 36.1 Å². The lowest BCUT2D eigenvalue weighted by Crippen LogP contribution is -2.06.